The molecule has 2 N–H and O–H groups in total. The van der Waals surface area contributed by atoms with Crippen molar-refractivity contribution >= 4 is 15.9 Å². The van der Waals surface area contributed by atoms with Crippen molar-refractivity contribution in [1.29, 1.82) is 0 Å². The van der Waals surface area contributed by atoms with Crippen LogP contribution in [-0.2, 0) is 14.8 Å². The quantitative estimate of drug-likeness (QED) is 0.541. The summed E-state index contributed by atoms with van der Waals surface area (Å²) in [6.07, 6.45) is 1.34. The van der Waals surface area contributed by atoms with E-state index in [1.807, 2.05) is 0 Å². The molecule has 29 heavy (non-hydrogen) atoms. The van der Waals surface area contributed by atoms with Crippen LogP contribution in [0.3, 0.4) is 0 Å². The Labute approximate surface area is 170 Å². The molecule has 1 amide bonds. The Bertz CT molecular complexity index is 886. The SMILES string of the molecule is COc1ccc(S(=O)(=O)N[C@@H](C)C(=O)NCCCCOc2ccc(F)cc2)cc1. The van der Waals surface area contributed by atoms with Crippen molar-refractivity contribution in [3.63, 3.8) is 0 Å². The molecule has 7 nitrogen and oxygen atoms in total. The first-order valence-electron chi connectivity index (χ1n) is 9.14. The lowest BCUT2D eigenvalue weighted by Crippen LogP contribution is -2.44. The molecule has 0 aliphatic heterocycles. The summed E-state index contributed by atoms with van der Waals surface area (Å²) in [6.45, 7) is 2.30. The van der Waals surface area contributed by atoms with E-state index in [0.717, 1.165) is 0 Å². The van der Waals surface area contributed by atoms with Crippen LogP contribution >= 0.6 is 0 Å². The summed E-state index contributed by atoms with van der Waals surface area (Å²) < 4.78 is 50.3. The van der Waals surface area contributed by atoms with Crippen molar-refractivity contribution in [3.8, 4) is 11.5 Å². The van der Waals surface area contributed by atoms with Gasteiger partial charge in [-0.1, -0.05) is 0 Å². The third-order valence-electron chi connectivity index (χ3n) is 4.05. The van der Waals surface area contributed by atoms with Crippen LogP contribution < -0.4 is 19.5 Å². The summed E-state index contributed by atoms with van der Waals surface area (Å²) in [7, 11) is -2.33. The highest BCUT2D eigenvalue weighted by Crippen LogP contribution is 2.15. The lowest BCUT2D eigenvalue weighted by molar-refractivity contribution is -0.122. The van der Waals surface area contributed by atoms with Gasteiger partial charge in [-0.2, -0.15) is 4.72 Å². The van der Waals surface area contributed by atoms with E-state index in [9.17, 15) is 17.6 Å². The molecule has 2 rings (SSSR count). The van der Waals surface area contributed by atoms with Crippen molar-refractivity contribution in [3.05, 3.63) is 54.3 Å². The number of halogens is 1. The maximum absolute atomic E-state index is 12.8. The summed E-state index contributed by atoms with van der Waals surface area (Å²) in [6, 6.07) is 10.7. The molecule has 2 aromatic rings. The first-order chi connectivity index (χ1) is 13.8. The summed E-state index contributed by atoms with van der Waals surface area (Å²) in [4.78, 5) is 12.2. The minimum Gasteiger partial charge on any atom is -0.497 e. The van der Waals surface area contributed by atoms with Crippen LogP contribution in [0.15, 0.2) is 53.4 Å². The van der Waals surface area contributed by atoms with E-state index in [1.165, 1.54) is 50.4 Å². The third kappa shape index (κ3) is 7.35. The van der Waals surface area contributed by atoms with E-state index in [0.29, 0.717) is 37.5 Å². The van der Waals surface area contributed by atoms with E-state index in [4.69, 9.17) is 9.47 Å². The van der Waals surface area contributed by atoms with Gasteiger partial charge in [0.25, 0.3) is 0 Å². The second kappa shape index (κ2) is 10.8. The minimum absolute atomic E-state index is 0.0518. The van der Waals surface area contributed by atoms with Gasteiger partial charge >= 0.3 is 0 Å². The molecule has 0 bridgehead atoms. The Hall–Kier alpha value is -2.65. The molecule has 0 aliphatic rings. The Balaban J connectivity index is 1.69. The molecule has 0 unspecified atom stereocenters. The van der Waals surface area contributed by atoms with Gasteiger partial charge in [0.2, 0.25) is 15.9 Å². The molecule has 9 heteroatoms. The number of sulfonamides is 1. The summed E-state index contributed by atoms with van der Waals surface area (Å²) in [5.74, 6) is 0.383. The zero-order valence-electron chi connectivity index (χ0n) is 16.4. The average molecular weight is 424 g/mol. The van der Waals surface area contributed by atoms with Crippen LogP contribution in [-0.4, -0.2) is 40.6 Å². The normalized spacial score (nSPS) is 12.2. The molecule has 0 spiro atoms. The number of rotatable bonds is 11. The minimum atomic E-state index is -3.82. The van der Waals surface area contributed by atoms with Crippen molar-refractivity contribution in [2.75, 3.05) is 20.3 Å². The maximum Gasteiger partial charge on any atom is 0.241 e. The number of methoxy groups -OCH3 is 1. The molecular formula is C20H25FN2O5S. The Morgan fingerprint density at radius 1 is 1.03 bits per heavy atom. The molecule has 0 saturated heterocycles. The van der Waals surface area contributed by atoms with E-state index in [2.05, 4.69) is 10.0 Å². The Kier molecular flexibility index (Phi) is 8.41. The highest BCUT2D eigenvalue weighted by molar-refractivity contribution is 7.89. The molecule has 0 heterocycles. The average Bonchev–Trinajstić information content (AvgIpc) is 2.71. The fourth-order valence-electron chi connectivity index (χ4n) is 2.42. The summed E-state index contributed by atoms with van der Waals surface area (Å²) >= 11 is 0. The van der Waals surface area contributed by atoms with E-state index < -0.39 is 22.0 Å². The van der Waals surface area contributed by atoms with Crippen LogP contribution in [0.25, 0.3) is 0 Å². The van der Waals surface area contributed by atoms with Gasteiger partial charge in [0.15, 0.2) is 0 Å². The van der Waals surface area contributed by atoms with E-state index in [1.54, 1.807) is 12.1 Å². The maximum atomic E-state index is 12.8. The van der Waals surface area contributed by atoms with Gasteiger partial charge in [0, 0.05) is 6.54 Å². The summed E-state index contributed by atoms with van der Waals surface area (Å²) in [5, 5.41) is 2.69. The molecule has 0 radical (unpaired) electrons. The fraction of sp³-hybridized carbons (Fsp3) is 0.350. The number of benzene rings is 2. The summed E-state index contributed by atoms with van der Waals surface area (Å²) in [5.41, 5.74) is 0. The predicted molar refractivity (Wildman–Crippen MR) is 107 cm³/mol. The smallest absolute Gasteiger partial charge is 0.241 e. The second-order valence-electron chi connectivity index (χ2n) is 6.32. The van der Waals surface area contributed by atoms with Crippen LogP contribution in [0.4, 0.5) is 4.39 Å². The number of hydrogen-bond acceptors (Lipinski definition) is 5. The van der Waals surface area contributed by atoms with Crippen molar-refractivity contribution in [2.45, 2.75) is 30.7 Å². The predicted octanol–water partition coefficient (Wildman–Crippen LogP) is 2.48. The number of ether oxygens (including phenoxy) is 2. The number of carbonyl (C=O) groups excluding carboxylic acids is 1. The molecule has 0 aliphatic carbocycles. The first-order valence-corrected chi connectivity index (χ1v) is 10.6. The van der Waals surface area contributed by atoms with Crippen molar-refractivity contribution < 1.29 is 27.1 Å². The van der Waals surface area contributed by atoms with Crippen LogP contribution in [0.1, 0.15) is 19.8 Å². The van der Waals surface area contributed by atoms with Crippen LogP contribution in [0.2, 0.25) is 0 Å². The number of hydrogen-bond donors (Lipinski definition) is 2. The lowest BCUT2D eigenvalue weighted by Gasteiger charge is -2.15. The van der Waals surface area contributed by atoms with Gasteiger partial charge in [0.05, 0.1) is 24.7 Å². The monoisotopic (exact) mass is 424 g/mol. The van der Waals surface area contributed by atoms with Gasteiger partial charge in [-0.25, -0.2) is 12.8 Å². The van der Waals surface area contributed by atoms with E-state index in [-0.39, 0.29) is 10.7 Å². The van der Waals surface area contributed by atoms with Crippen LogP contribution in [0, 0.1) is 5.82 Å². The van der Waals surface area contributed by atoms with Gasteiger partial charge in [-0.15, -0.1) is 0 Å². The third-order valence-corrected chi connectivity index (χ3v) is 5.60. The zero-order chi connectivity index (χ0) is 21.3. The fourth-order valence-corrected chi connectivity index (χ4v) is 3.62. The lowest BCUT2D eigenvalue weighted by atomic mass is 10.3. The highest BCUT2D eigenvalue weighted by atomic mass is 32.2. The molecule has 2 aromatic carbocycles. The Morgan fingerprint density at radius 2 is 1.66 bits per heavy atom. The van der Waals surface area contributed by atoms with Gasteiger partial charge in [-0.3, -0.25) is 4.79 Å². The topological polar surface area (TPSA) is 93.7 Å². The standard InChI is InChI=1S/C20H25FN2O5S/c1-15(23-29(25,26)19-11-9-17(27-2)10-12-19)20(24)22-13-3-4-14-28-18-7-5-16(21)6-8-18/h5-12,15,23H,3-4,13-14H2,1-2H3,(H,22,24)/t15-/m0/s1. The Morgan fingerprint density at radius 3 is 2.28 bits per heavy atom. The number of nitrogens with one attached hydrogen (secondary N) is 2. The second-order valence-corrected chi connectivity index (χ2v) is 8.03. The van der Waals surface area contributed by atoms with Crippen molar-refractivity contribution in [2.24, 2.45) is 0 Å². The molecule has 0 aromatic heterocycles. The van der Waals surface area contributed by atoms with Crippen molar-refractivity contribution in [1.82, 2.24) is 10.0 Å². The number of amides is 1. The molecule has 0 saturated carbocycles. The molecular weight excluding hydrogens is 399 g/mol. The number of carbonyl (C=O) groups is 1. The van der Waals surface area contributed by atoms with Crippen LogP contribution in [0.5, 0.6) is 11.5 Å². The van der Waals surface area contributed by atoms with E-state index >= 15 is 0 Å². The molecule has 1 atom stereocenters. The largest absolute Gasteiger partial charge is 0.497 e. The highest BCUT2D eigenvalue weighted by Gasteiger charge is 2.21. The molecule has 0 fully saturated rings. The van der Waals surface area contributed by atoms with Gasteiger partial charge < -0.3 is 14.8 Å². The van der Waals surface area contributed by atoms with Gasteiger partial charge in [0.1, 0.15) is 17.3 Å². The number of unbranched alkanes of at least 4 members (excludes halogenated alkanes) is 1. The molecule has 158 valence electrons. The first kappa shape index (κ1) is 22.6. The van der Waals surface area contributed by atoms with Gasteiger partial charge in [-0.05, 0) is 68.3 Å². The zero-order valence-corrected chi connectivity index (χ0v) is 17.2.